The molecule has 0 saturated carbocycles. The second-order valence-corrected chi connectivity index (χ2v) is 4.05. The van der Waals surface area contributed by atoms with E-state index in [0.717, 1.165) is 13.0 Å². The zero-order valence-electron chi connectivity index (χ0n) is 10.4. The van der Waals surface area contributed by atoms with Crippen LogP contribution in [0.25, 0.3) is 0 Å². The van der Waals surface area contributed by atoms with Crippen molar-refractivity contribution in [1.82, 2.24) is 14.7 Å². The maximum absolute atomic E-state index is 11.7. The Labute approximate surface area is 101 Å². The summed E-state index contributed by atoms with van der Waals surface area (Å²) in [5.74, 6) is 0.476. The Morgan fingerprint density at radius 2 is 2.29 bits per heavy atom. The summed E-state index contributed by atoms with van der Waals surface area (Å²) in [5, 5.41) is 4.05. The van der Waals surface area contributed by atoms with Crippen LogP contribution in [0.2, 0.25) is 0 Å². The van der Waals surface area contributed by atoms with E-state index in [4.69, 9.17) is 10.5 Å². The summed E-state index contributed by atoms with van der Waals surface area (Å²) in [6.07, 6.45) is 2.44. The van der Waals surface area contributed by atoms with Gasteiger partial charge in [0.25, 0.3) is 5.56 Å². The number of nitrogens with two attached hydrogens (primary N) is 1. The number of hydrogen-bond donors (Lipinski definition) is 1. The van der Waals surface area contributed by atoms with Gasteiger partial charge in [-0.25, -0.2) is 4.68 Å². The first-order chi connectivity index (χ1) is 8.13. The molecular formula is C11H20N4O2. The number of aromatic nitrogens is 2. The van der Waals surface area contributed by atoms with E-state index in [-0.39, 0.29) is 5.56 Å². The predicted molar refractivity (Wildman–Crippen MR) is 66.2 cm³/mol. The lowest BCUT2D eigenvalue weighted by Gasteiger charge is -2.10. The normalized spacial score (nSPS) is 10.8. The van der Waals surface area contributed by atoms with Crippen molar-refractivity contribution in [2.24, 2.45) is 5.73 Å². The monoisotopic (exact) mass is 240 g/mol. The lowest BCUT2D eigenvalue weighted by atomic mass is 10.4. The molecule has 6 nitrogen and oxygen atoms in total. The van der Waals surface area contributed by atoms with E-state index in [0.29, 0.717) is 25.4 Å². The average molecular weight is 240 g/mol. The van der Waals surface area contributed by atoms with Gasteiger partial charge in [-0.1, -0.05) is 0 Å². The molecule has 0 bridgehead atoms. The third-order valence-corrected chi connectivity index (χ3v) is 2.21. The molecule has 6 heteroatoms. The van der Waals surface area contributed by atoms with Crippen LogP contribution in [-0.4, -0.2) is 48.5 Å². The summed E-state index contributed by atoms with van der Waals surface area (Å²) in [5.41, 5.74) is 5.16. The highest BCUT2D eigenvalue weighted by molar-refractivity contribution is 5.13. The van der Waals surface area contributed by atoms with Crippen molar-refractivity contribution in [1.29, 1.82) is 0 Å². The molecule has 2 N–H and O–H groups in total. The minimum Gasteiger partial charge on any atom is -0.490 e. The van der Waals surface area contributed by atoms with Gasteiger partial charge in [0.1, 0.15) is 12.4 Å². The molecule has 0 amide bonds. The summed E-state index contributed by atoms with van der Waals surface area (Å²) >= 11 is 0. The Morgan fingerprint density at radius 1 is 1.53 bits per heavy atom. The first kappa shape index (κ1) is 13.7. The summed E-state index contributed by atoms with van der Waals surface area (Å²) in [7, 11) is 4.00. The fourth-order valence-corrected chi connectivity index (χ4v) is 1.38. The highest BCUT2D eigenvalue weighted by Gasteiger charge is 2.01. The van der Waals surface area contributed by atoms with Crippen LogP contribution in [0.3, 0.4) is 0 Å². The topological polar surface area (TPSA) is 73.4 Å². The van der Waals surface area contributed by atoms with Crippen molar-refractivity contribution >= 4 is 0 Å². The molecule has 1 rings (SSSR count). The standard InChI is InChI=1S/C11H20N4O2/c1-14(2)5-3-6-15-11(16)8-10(9-13-15)17-7-4-12/h8-9H,3-7,12H2,1-2H3. The molecule has 0 aromatic carbocycles. The molecule has 17 heavy (non-hydrogen) atoms. The van der Waals surface area contributed by atoms with E-state index in [1.807, 2.05) is 14.1 Å². The van der Waals surface area contributed by atoms with Crippen molar-refractivity contribution < 1.29 is 4.74 Å². The van der Waals surface area contributed by atoms with Crippen molar-refractivity contribution in [2.45, 2.75) is 13.0 Å². The van der Waals surface area contributed by atoms with E-state index < -0.39 is 0 Å². The Morgan fingerprint density at radius 3 is 2.88 bits per heavy atom. The van der Waals surface area contributed by atoms with Crippen LogP contribution < -0.4 is 16.0 Å². The molecule has 0 aliphatic carbocycles. The van der Waals surface area contributed by atoms with Gasteiger partial charge in [-0.15, -0.1) is 0 Å². The first-order valence-electron chi connectivity index (χ1n) is 5.68. The summed E-state index contributed by atoms with van der Waals surface area (Å²) in [4.78, 5) is 13.7. The molecule has 0 atom stereocenters. The second kappa shape index (κ2) is 7.03. The quantitative estimate of drug-likeness (QED) is 0.697. The molecule has 1 aromatic heterocycles. The molecule has 96 valence electrons. The van der Waals surface area contributed by atoms with Crippen LogP contribution in [0, 0.1) is 0 Å². The smallest absolute Gasteiger partial charge is 0.270 e. The molecule has 0 saturated heterocycles. The molecule has 0 fully saturated rings. The van der Waals surface area contributed by atoms with Crippen molar-refractivity contribution in [2.75, 3.05) is 33.8 Å². The van der Waals surface area contributed by atoms with E-state index in [1.165, 1.54) is 10.7 Å². The average Bonchev–Trinajstić information content (AvgIpc) is 2.28. The van der Waals surface area contributed by atoms with Gasteiger partial charge in [0, 0.05) is 19.2 Å². The third kappa shape index (κ3) is 4.97. The van der Waals surface area contributed by atoms with Crippen LogP contribution in [0.5, 0.6) is 5.75 Å². The number of nitrogens with zero attached hydrogens (tertiary/aromatic N) is 3. The van der Waals surface area contributed by atoms with Crippen LogP contribution in [-0.2, 0) is 6.54 Å². The maximum atomic E-state index is 11.7. The van der Waals surface area contributed by atoms with Gasteiger partial charge in [0.15, 0.2) is 0 Å². The van der Waals surface area contributed by atoms with Gasteiger partial charge < -0.3 is 15.4 Å². The van der Waals surface area contributed by atoms with Crippen molar-refractivity contribution in [3.05, 3.63) is 22.6 Å². The SMILES string of the molecule is CN(C)CCCn1ncc(OCCN)cc1=O. The Bertz CT molecular complexity index is 389. The molecule has 1 heterocycles. The van der Waals surface area contributed by atoms with Crippen LogP contribution in [0.1, 0.15) is 6.42 Å². The number of ether oxygens (including phenoxy) is 1. The summed E-state index contributed by atoms with van der Waals surface area (Å²) in [6, 6.07) is 1.44. The van der Waals surface area contributed by atoms with Gasteiger partial charge in [-0.2, -0.15) is 5.10 Å². The lowest BCUT2D eigenvalue weighted by molar-refractivity contribution is 0.322. The minimum atomic E-state index is -0.140. The second-order valence-electron chi connectivity index (χ2n) is 4.05. The molecule has 0 spiro atoms. The summed E-state index contributed by atoms with van der Waals surface area (Å²) in [6.45, 7) is 2.37. The Balaban J connectivity index is 2.54. The zero-order valence-corrected chi connectivity index (χ0v) is 10.4. The van der Waals surface area contributed by atoms with Gasteiger partial charge in [-0.3, -0.25) is 4.79 Å². The third-order valence-electron chi connectivity index (χ3n) is 2.21. The predicted octanol–water partition coefficient (Wildman–Crippen LogP) is -0.467. The first-order valence-corrected chi connectivity index (χ1v) is 5.68. The zero-order chi connectivity index (χ0) is 12.7. The molecule has 0 unspecified atom stereocenters. The van der Waals surface area contributed by atoms with Crippen molar-refractivity contribution in [3.63, 3.8) is 0 Å². The molecule has 0 radical (unpaired) electrons. The molecule has 0 aliphatic heterocycles. The van der Waals surface area contributed by atoms with Crippen molar-refractivity contribution in [3.8, 4) is 5.75 Å². The number of rotatable bonds is 7. The number of aryl methyl sites for hydroxylation is 1. The van der Waals surface area contributed by atoms with Gasteiger partial charge >= 0.3 is 0 Å². The molecular weight excluding hydrogens is 220 g/mol. The van der Waals surface area contributed by atoms with Gasteiger partial charge in [0.05, 0.1) is 6.20 Å². The van der Waals surface area contributed by atoms with E-state index in [2.05, 4.69) is 10.00 Å². The van der Waals surface area contributed by atoms with Crippen LogP contribution in [0.4, 0.5) is 0 Å². The van der Waals surface area contributed by atoms with E-state index in [1.54, 1.807) is 6.20 Å². The largest absolute Gasteiger partial charge is 0.490 e. The minimum absolute atomic E-state index is 0.140. The van der Waals surface area contributed by atoms with Gasteiger partial charge in [-0.05, 0) is 27.1 Å². The van der Waals surface area contributed by atoms with Gasteiger partial charge in [0.2, 0.25) is 0 Å². The molecule has 1 aromatic rings. The Hall–Kier alpha value is -1.40. The molecule has 0 aliphatic rings. The number of hydrogen-bond acceptors (Lipinski definition) is 5. The summed E-state index contributed by atoms with van der Waals surface area (Å²) < 4.78 is 6.67. The van der Waals surface area contributed by atoms with E-state index in [9.17, 15) is 4.79 Å². The fraction of sp³-hybridized carbons (Fsp3) is 0.636. The fourth-order valence-electron chi connectivity index (χ4n) is 1.38. The van der Waals surface area contributed by atoms with E-state index >= 15 is 0 Å². The van der Waals surface area contributed by atoms with Crippen LogP contribution >= 0.6 is 0 Å². The van der Waals surface area contributed by atoms with Crippen LogP contribution in [0.15, 0.2) is 17.1 Å². The highest BCUT2D eigenvalue weighted by atomic mass is 16.5. The highest BCUT2D eigenvalue weighted by Crippen LogP contribution is 2.02. The lowest BCUT2D eigenvalue weighted by Crippen LogP contribution is -2.24. The Kier molecular flexibility index (Phi) is 5.65. The maximum Gasteiger partial charge on any atom is 0.270 e.